The third-order valence-electron chi connectivity index (χ3n) is 2.59. The minimum Gasteiger partial charge on any atom is -0.301 e. The zero-order valence-corrected chi connectivity index (χ0v) is 9.15. The maximum atomic E-state index is 13.4. The van der Waals surface area contributed by atoms with Crippen LogP contribution in [0.3, 0.4) is 0 Å². The van der Waals surface area contributed by atoms with Crippen LogP contribution in [0.2, 0.25) is 0 Å². The van der Waals surface area contributed by atoms with Gasteiger partial charge in [0.25, 0.3) is 0 Å². The van der Waals surface area contributed by atoms with Crippen LogP contribution in [0.15, 0.2) is 48.8 Å². The molecule has 1 aromatic carbocycles. The van der Waals surface area contributed by atoms with Crippen LogP contribution in [0.4, 0.5) is 10.1 Å². The van der Waals surface area contributed by atoms with Crippen LogP contribution in [0.1, 0.15) is 5.56 Å². The highest BCUT2D eigenvalue weighted by molar-refractivity contribution is 5.25. The van der Waals surface area contributed by atoms with Crippen molar-refractivity contribution in [3.8, 4) is 0 Å². The van der Waals surface area contributed by atoms with Crippen LogP contribution in [-0.4, -0.2) is 12.0 Å². The highest BCUT2D eigenvalue weighted by Gasteiger charge is 2.09. The van der Waals surface area contributed by atoms with Gasteiger partial charge in [0, 0.05) is 30.1 Å². The van der Waals surface area contributed by atoms with Crippen LogP contribution >= 0.6 is 0 Å². The summed E-state index contributed by atoms with van der Waals surface area (Å²) in [5.41, 5.74) is 1.84. The first-order valence-electron chi connectivity index (χ1n) is 5.23. The third-order valence-corrected chi connectivity index (χ3v) is 2.59. The number of quaternary nitrogens is 1. The predicted octanol–water partition coefficient (Wildman–Crippen LogP) is 1.57. The molecule has 1 atom stereocenters. The number of nitrogens with zero attached hydrogens (tertiary/aromatic N) is 1. The van der Waals surface area contributed by atoms with Crippen molar-refractivity contribution in [2.75, 3.05) is 7.05 Å². The van der Waals surface area contributed by atoms with E-state index in [2.05, 4.69) is 4.98 Å². The number of aromatic nitrogens is 1. The minimum atomic E-state index is -0.143. The van der Waals surface area contributed by atoms with E-state index in [4.69, 9.17) is 0 Å². The van der Waals surface area contributed by atoms with E-state index in [9.17, 15) is 4.39 Å². The number of hydrogen-bond donors (Lipinski definition) is 1. The highest BCUT2D eigenvalue weighted by Crippen LogP contribution is 2.05. The summed E-state index contributed by atoms with van der Waals surface area (Å²) in [5.74, 6) is -0.143. The minimum absolute atomic E-state index is 0.143. The summed E-state index contributed by atoms with van der Waals surface area (Å²) in [6, 6.07) is 10.8. The number of nitrogens with one attached hydrogen (secondary N) is 1. The summed E-state index contributed by atoms with van der Waals surface area (Å²) in [6.45, 7) is 0.636. The second-order valence-electron chi connectivity index (χ2n) is 3.78. The smallest absolute Gasteiger partial charge is 0.134 e. The number of hydrogen-bond acceptors (Lipinski definition) is 1. The Balaban J connectivity index is 2.14. The van der Waals surface area contributed by atoms with Gasteiger partial charge in [-0.2, -0.15) is 0 Å². The molecule has 1 heterocycles. The largest absolute Gasteiger partial charge is 0.301 e. The first-order valence-corrected chi connectivity index (χ1v) is 5.23. The molecule has 0 spiro atoms. The molecule has 0 bridgehead atoms. The van der Waals surface area contributed by atoms with Gasteiger partial charge < -0.3 is 4.90 Å². The van der Waals surface area contributed by atoms with E-state index in [0.717, 1.165) is 16.2 Å². The Morgan fingerprint density at radius 2 is 1.81 bits per heavy atom. The zero-order chi connectivity index (χ0) is 11.4. The lowest BCUT2D eigenvalue weighted by Gasteiger charge is -2.13. The molecule has 1 aromatic heterocycles. The van der Waals surface area contributed by atoms with Crippen molar-refractivity contribution in [3.05, 3.63) is 60.2 Å². The van der Waals surface area contributed by atoms with E-state index in [1.54, 1.807) is 18.5 Å². The SMILES string of the molecule is C[NH+](Cc1ccccc1F)c1ccncc1. The molecule has 0 aliphatic carbocycles. The van der Waals surface area contributed by atoms with Gasteiger partial charge in [-0.1, -0.05) is 18.2 Å². The molecule has 0 amide bonds. The quantitative estimate of drug-likeness (QED) is 0.826. The van der Waals surface area contributed by atoms with E-state index in [1.807, 2.05) is 31.3 Å². The van der Waals surface area contributed by atoms with Crippen molar-refractivity contribution < 1.29 is 9.29 Å². The van der Waals surface area contributed by atoms with Crippen LogP contribution in [0.5, 0.6) is 0 Å². The van der Waals surface area contributed by atoms with Crippen molar-refractivity contribution in [2.45, 2.75) is 6.54 Å². The Morgan fingerprint density at radius 1 is 1.12 bits per heavy atom. The molecule has 82 valence electrons. The van der Waals surface area contributed by atoms with Crippen molar-refractivity contribution in [1.82, 2.24) is 4.98 Å². The number of benzene rings is 1. The molecule has 2 rings (SSSR count). The van der Waals surface area contributed by atoms with Gasteiger partial charge in [0.2, 0.25) is 0 Å². The lowest BCUT2D eigenvalue weighted by atomic mass is 10.2. The Morgan fingerprint density at radius 3 is 2.50 bits per heavy atom. The lowest BCUT2D eigenvalue weighted by molar-refractivity contribution is -0.825. The molecule has 1 unspecified atom stereocenters. The lowest BCUT2D eigenvalue weighted by Crippen LogP contribution is -3.02. The summed E-state index contributed by atoms with van der Waals surface area (Å²) < 4.78 is 13.4. The highest BCUT2D eigenvalue weighted by atomic mass is 19.1. The van der Waals surface area contributed by atoms with E-state index >= 15 is 0 Å². The summed E-state index contributed by atoms with van der Waals surface area (Å²) in [5, 5.41) is 0. The normalized spacial score (nSPS) is 12.4. The summed E-state index contributed by atoms with van der Waals surface area (Å²) in [6.07, 6.45) is 3.50. The second kappa shape index (κ2) is 4.86. The number of rotatable bonds is 3. The van der Waals surface area contributed by atoms with Crippen LogP contribution in [-0.2, 0) is 6.54 Å². The maximum absolute atomic E-state index is 13.4. The van der Waals surface area contributed by atoms with E-state index in [0.29, 0.717) is 6.54 Å². The Kier molecular flexibility index (Phi) is 3.27. The molecule has 1 N–H and O–H groups in total. The monoisotopic (exact) mass is 217 g/mol. The van der Waals surface area contributed by atoms with Crippen LogP contribution in [0, 0.1) is 5.82 Å². The maximum Gasteiger partial charge on any atom is 0.134 e. The van der Waals surface area contributed by atoms with Gasteiger partial charge in [-0.15, -0.1) is 0 Å². The van der Waals surface area contributed by atoms with Gasteiger partial charge in [0.15, 0.2) is 0 Å². The fourth-order valence-corrected chi connectivity index (χ4v) is 1.67. The summed E-state index contributed by atoms with van der Waals surface area (Å²) in [4.78, 5) is 5.11. The third kappa shape index (κ3) is 2.44. The number of pyridine rings is 1. The molecular formula is C13H14FN2+. The first kappa shape index (κ1) is 10.8. The van der Waals surface area contributed by atoms with Crippen molar-refractivity contribution >= 4 is 5.69 Å². The molecule has 3 heteroatoms. The summed E-state index contributed by atoms with van der Waals surface area (Å²) >= 11 is 0. The second-order valence-corrected chi connectivity index (χ2v) is 3.78. The molecule has 0 saturated heterocycles. The van der Waals surface area contributed by atoms with E-state index in [-0.39, 0.29) is 5.82 Å². The summed E-state index contributed by atoms with van der Waals surface area (Å²) in [7, 11) is 2.02. The average molecular weight is 217 g/mol. The molecule has 16 heavy (non-hydrogen) atoms. The molecule has 0 aliphatic heterocycles. The fourth-order valence-electron chi connectivity index (χ4n) is 1.67. The van der Waals surface area contributed by atoms with Gasteiger partial charge in [-0.05, 0) is 6.07 Å². The van der Waals surface area contributed by atoms with E-state index < -0.39 is 0 Å². The Hall–Kier alpha value is -1.74. The Bertz CT molecular complexity index is 456. The first-order chi connectivity index (χ1) is 7.77. The molecule has 0 aliphatic rings. The molecule has 0 saturated carbocycles. The van der Waals surface area contributed by atoms with Gasteiger partial charge in [0.05, 0.1) is 7.05 Å². The molecule has 2 nitrogen and oxygen atoms in total. The van der Waals surface area contributed by atoms with Gasteiger partial charge in [0.1, 0.15) is 18.0 Å². The van der Waals surface area contributed by atoms with E-state index in [1.165, 1.54) is 6.07 Å². The standard InChI is InChI=1S/C13H13FN2/c1-16(12-6-8-15-9-7-12)10-11-4-2-3-5-13(11)14/h2-9H,10H2,1H3/p+1. The van der Waals surface area contributed by atoms with Gasteiger partial charge in [-0.25, -0.2) is 4.39 Å². The van der Waals surface area contributed by atoms with Crippen molar-refractivity contribution in [1.29, 1.82) is 0 Å². The zero-order valence-electron chi connectivity index (χ0n) is 9.15. The molecule has 2 aromatic rings. The van der Waals surface area contributed by atoms with Crippen molar-refractivity contribution in [2.24, 2.45) is 0 Å². The van der Waals surface area contributed by atoms with Gasteiger partial charge >= 0.3 is 0 Å². The van der Waals surface area contributed by atoms with Gasteiger partial charge in [-0.3, -0.25) is 4.98 Å². The van der Waals surface area contributed by atoms with Crippen LogP contribution in [0.25, 0.3) is 0 Å². The average Bonchev–Trinajstić information content (AvgIpc) is 2.33. The predicted molar refractivity (Wildman–Crippen MR) is 60.9 cm³/mol. The molecule has 0 radical (unpaired) electrons. The number of halogens is 1. The Labute approximate surface area is 94.4 Å². The molecule has 0 fully saturated rings. The van der Waals surface area contributed by atoms with Crippen molar-refractivity contribution in [3.63, 3.8) is 0 Å². The topological polar surface area (TPSA) is 17.3 Å². The fraction of sp³-hybridized carbons (Fsp3) is 0.154. The molecular weight excluding hydrogens is 203 g/mol. The van der Waals surface area contributed by atoms with Crippen LogP contribution < -0.4 is 4.90 Å².